The van der Waals surface area contributed by atoms with Gasteiger partial charge in [0.25, 0.3) is 0 Å². The van der Waals surface area contributed by atoms with Gasteiger partial charge in [0, 0.05) is 6.54 Å². The van der Waals surface area contributed by atoms with E-state index in [0.717, 1.165) is 24.3 Å². The lowest BCUT2D eigenvalue weighted by Gasteiger charge is -2.18. The molecule has 1 aliphatic heterocycles. The van der Waals surface area contributed by atoms with Crippen LogP contribution in [0, 0.1) is 0 Å². The van der Waals surface area contributed by atoms with Gasteiger partial charge in [-0.15, -0.1) is 0 Å². The fourth-order valence-electron chi connectivity index (χ4n) is 2.69. The van der Waals surface area contributed by atoms with E-state index in [1.54, 1.807) is 0 Å². The van der Waals surface area contributed by atoms with Crippen molar-refractivity contribution >= 4 is 29.0 Å². The number of nitrogens with zero attached hydrogens (tertiary/aromatic N) is 2. The molecule has 3 rings (SSSR count). The van der Waals surface area contributed by atoms with Crippen molar-refractivity contribution in [1.82, 2.24) is 0 Å². The highest BCUT2D eigenvalue weighted by molar-refractivity contribution is 5.93. The molecule has 7 heteroatoms. The standard InChI is InChI=1S/C17H21N7/c18-16(19)24-17(20)22-12-7-5-11(6-8-12)13-9-10-21-14-3-1-2-4-15(14)23-13/h1-8,13,21,23H,9-10H2,(H6,18,19,20,22,24). The average molecular weight is 323 g/mol. The third kappa shape index (κ3) is 3.75. The molecule has 1 aliphatic rings. The minimum absolute atomic E-state index is 0.0356. The summed E-state index contributed by atoms with van der Waals surface area (Å²) in [6, 6.07) is 16.3. The SMILES string of the molecule is NC(N)=NC(N)=Nc1ccc(C2CCNc3ccccc3N2)cc1. The van der Waals surface area contributed by atoms with Crippen LogP contribution in [0.1, 0.15) is 18.0 Å². The summed E-state index contributed by atoms with van der Waals surface area (Å²) in [6.45, 7) is 0.909. The van der Waals surface area contributed by atoms with E-state index in [1.807, 2.05) is 36.4 Å². The van der Waals surface area contributed by atoms with Crippen molar-refractivity contribution in [2.75, 3.05) is 17.2 Å². The summed E-state index contributed by atoms with van der Waals surface area (Å²) in [7, 11) is 0. The highest BCUT2D eigenvalue weighted by atomic mass is 15.1. The summed E-state index contributed by atoms with van der Waals surface area (Å²) in [5, 5.41) is 7.03. The molecule has 124 valence electrons. The maximum atomic E-state index is 5.64. The van der Waals surface area contributed by atoms with Gasteiger partial charge in [0.2, 0.25) is 5.96 Å². The molecule has 7 nitrogen and oxygen atoms in total. The number of para-hydroxylation sites is 2. The molecule has 0 spiro atoms. The summed E-state index contributed by atoms with van der Waals surface area (Å²) in [5.74, 6) is -0.0739. The Morgan fingerprint density at radius 1 is 0.958 bits per heavy atom. The number of fused-ring (bicyclic) bond motifs is 1. The number of aliphatic imine (C=N–C) groups is 2. The number of hydrogen-bond donors (Lipinski definition) is 5. The maximum Gasteiger partial charge on any atom is 0.223 e. The molecule has 0 aromatic heterocycles. The van der Waals surface area contributed by atoms with E-state index in [4.69, 9.17) is 17.2 Å². The van der Waals surface area contributed by atoms with Gasteiger partial charge in [-0.2, -0.15) is 4.99 Å². The number of hydrogen-bond acceptors (Lipinski definition) is 3. The monoisotopic (exact) mass is 323 g/mol. The number of nitrogens with one attached hydrogen (secondary N) is 2. The van der Waals surface area contributed by atoms with Crippen molar-refractivity contribution < 1.29 is 0 Å². The van der Waals surface area contributed by atoms with Gasteiger partial charge in [-0.3, -0.25) is 0 Å². The molecule has 2 aromatic rings. The molecule has 0 amide bonds. The van der Waals surface area contributed by atoms with Crippen LogP contribution < -0.4 is 27.8 Å². The lowest BCUT2D eigenvalue weighted by atomic mass is 10.0. The fourth-order valence-corrected chi connectivity index (χ4v) is 2.69. The fraction of sp³-hybridized carbons (Fsp3) is 0.176. The number of benzene rings is 2. The average Bonchev–Trinajstić information content (AvgIpc) is 2.77. The normalized spacial score (nSPS) is 17.0. The molecule has 0 aliphatic carbocycles. The highest BCUT2D eigenvalue weighted by Gasteiger charge is 2.16. The summed E-state index contributed by atoms with van der Waals surface area (Å²) in [5.41, 5.74) is 20.3. The molecule has 8 N–H and O–H groups in total. The lowest BCUT2D eigenvalue weighted by Crippen LogP contribution is -2.26. The Labute approximate surface area is 140 Å². The minimum atomic E-state index is -0.110. The second kappa shape index (κ2) is 6.91. The number of anilines is 2. The first kappa shape index (κ1) is 15.7. The zero-order chi connectivity index (χ0) is 16.9. The Hall–Kier alpha value is -3.22. The Bertz CT molecular complexity index is 761. The van der Waals surface area contributed by atoms with Gasteiger partial charge in [0.1, 0.15) is 0 Å². The van der Waals surface area contributed by atoms with Crippen molar-refractivity contribution in [1.29, 1.82) is 0 Å². The van der Waals surface area contributed by atoms with Gasteiger partial charge < -0.3 is 27.8 Å². The molecule has 24 heavy (non-hydrogen) atoms. The lowest BCUT2D eigenvalue weighted by molar-refractivity contribution is 0.732. The van der Waals surface area contributed by atoms with E-state index in [9.17, 15) is 0 Å². The Kier molecular flexibility index (Phi) is 4.51. The minimum Gasteiger partial charge on any atom is -0.383 e. The van der Waals surface area contributed by atoms with E-state index in [1.165, 1.54) is 5.56 Å². The van der Waals surface area contributed by atoms with Gasteiger partial charge >= 0.3 is 0 Å². The predicted octanol–water partition coefficient (Wildman–Crippen LogP) is 1.88. The van der Waals surface area contributed by atoms with Crippen molar-refractivity contribution in [3.63, 3.8) is 0 Å². The topological polar surface area (TPSA) is 127 Å². The number of rotatable bonds is 2. The Balaban J connectivity index is 1.77. The van der Waals surface area contributed by atoms with Crippen LogP contribution in [0.3, 0.4) is 0 Å². The second-order valence-corrected chi connectivity index (χ2v) is 5.56. The second-order valence-electron chi connectivity index (χ2n) is 5.56. The molecule has 0 fully saturated rings. The van der Waals surface area contributed by atoms with Crippen molar-refractivity contribution in [3.05, 3.63) is 54.1 Å². The zero-order valence-electron chi connectivity index (χ0n) is 13.2. The van der Waals surface area contributed by atoms with E-state index in [-0.39, 0.29) is 18.0 Å². The molecule has 0 radical (unpaired) electrons. The molecule has 2 aromatic carbocycles. The Morgan fingerprint density at radius 3 is 2.38 bits per heavy atom. The summed E-state index contributed by atoms with van der Waals surface area (Å²) in [4.78, 5) is 7.86. The van der Waals surface area contributed by atoms with Crippen LogP contribution in [0.2, 0.25) is 0 Å². The van der Waals surface area contributed by atoms with Crippen molar-refractivity contribution in [3.8, 4) is 0 Å². The van der Waals surface area contributed by atoms with Crippen molar-refractivity contribution in [2.24, 2.45) is 27.2 Å². The molecule has 0 bridgehead atoms. The van der Waals surface area contributed by atoms with E-state index in [0.29, 0.717) is 5.69 Å². The smallest absolute Gasteiger partial charge is 0.223 e. The predicted molar refractivity (Wildman–Crippen MR) is 99.4 cm³/mol. The first-order valence-corrected chi connectivity index (χ1v) is 7.75. The largest absolute Gasteiger partial charge is 0.383 e. The first-order valence-electron chi connectivity index (χ1n) is 7.75. The van der Waals surface area contributed by atoms with Gasteiger partial charge in [0.05, 0.1) is 23.1 Å². The molecular weight excluding hydrogens is 302 g/mol. The van der Waals surface area contributed by atoms with Gasteiger partial charge in [-0.1, -0.05) is 24.3 Å². The van der Waals surface area contributed by atoms with Crippen LogP contribution in [0.4, 0.5) is 17.1 Å². The molecule has 1 heterocycles. The van der Waals surface area contributed by atoms with Crippen LogP contribution in [-0.4, -0.2) is 18.5 Å². The Morgan fingerprint density at radius 2 is 1.67 bits per heavy atom. The summed E-state index contributed by atoms with van der Waals surface area (Å²) >= 11 is 0. The van der Waals surface area contributed by atoms with Gasteiger partial charge in [0.15, 0.2) is 5.96 Å². The van der Waals surface area contributed by atoms with E-state index < -0.39 is 0 Å². The van der Waals surface area contributed by atoms with E-state index >= 15 is 0 Å². The van der Waals surface area contributed by atoms with Crippen LogP contribution in [0.15, 0.2) is 58.5 Å². The van der Waals surface area contributed by atoms with E-state index in [2.05, 4.69) is 32.8 Å². The molecule has 1 atom stereocenters. The third-order valence-corrected chi connectivity index (χ3v) is 3.79. The third-order valence-electron chi connectivity index (χ3n) is 3.79. The number of guanidine groups is 2. The van der Waals surface area contributed by atoms with Crippen LogP contribution in [0.5, 0.6) is 0 Å². The molecule has 0 saturated heterocycles. The van der Waals surface area contributed by atoms with Crippen molar-refractivity contribution in [2.45, 2.75) is 12.5 Å². The van der Waals surface area contributed by atoms with Gasteiger partial charge in [-0.25, -0.2) is 4.99 Å². The summed E-state index contributed by atoms with van der Waals surface area (Å²) in [6.07, 6.45) is 0.980. The zero-order valence-corrected chi connectivity index (χ0v) is 13.2. The molecule has 1 unspecified atom stereocenters. The maximum absolute atomic E-state index is 5.64. The van der Waals surface area contributed by atoms with Crippen LogP contribution in [-0.2, 0) is 0 Å². The molecular formula is C17H21N7. The molecule has 0 saturated carbocycles. The first-order chi connectivity index (χ1) is 11.6. The van der Waals surface area contributed by atoms with Crippen LogP contribution >= 0.6 is 0 Å². The quantitative estimate of drug-likeness (QED) is 0.426. The highest BCUT2D eigenvalue weighted by Crippen LogP contribution is 2.31. The van der Waals surface area contributed by atoms with Gasteiger partial charge in [-0.05, 0) is 36.2 Å². The summed E-state index contributed by atoms with van der Waals surface area (Å²) < 4.78 is 0. The number of nitrogens with two attached hydrogens (primary N) is 3. The van der Waals surface area contributed by atoms with Crippen LogP contribution in [0.25, 0.3) is 0 Å².